The van der Waals surface area contributed by atoms with Crippen LogP contribution in [0.25, 0.3) is 0 Å². The van der Waals surface area contributed by atoms with Crippen molar-refractivity contribution in [3.8, 4) is 5.75 Å². The zero-order chi connectivity index (χ0) is 15.8. The molecule has 0 atom stereocenters. The highest BCUT2D eigenvalue weighted by atomic mass is 32.2. The molecule has 1 heterocycles. The summed E-state index contributed by atoms with van der Waals surface area (Å²) in [5, 5.41) is 17.8. The molecular formula is C15H18FN3O2S. The van der Waals surface area contributed by atoms with Crippen molar-refractivity contribution in [1.29, 1.82) is 0 Å². The van der Waals surface area contributed by atoms with Crippen molar-refractivity contribution < 1.29 is 14.2 Å². The molecule has 0 fully saturated rings. The van der Waals surface area contributed by atoms with Crippen molar-refractivity contribution in [1.82, 2.24) is 14.8 Å². The highest BCUT2D eigenvalue weighted by Crippen LogP contribution is 2.20. The molecule has 7 heteroatoms. The minimum Gasteiger partial charge on any atom is -0.483 e. The molecule has 1 aromatic carbocycles. The van der Waals surface area contributed by atoms with Crippen LogP contribution in [-0.4, -0.2) is 32.2 Å². The van der Waals surface area contributed by atoms with Gasteiger partial charge in [0.15, 0.2) is 22.5 Å². The number of allylic oxidation sites excluding steroid dienone is 1. The van der Waals surface area contributed by atoms with Crippen molar-refractivity contribution >= 4 is 11.8 Å². The molecule has 5 nitrogen and oxygen atoms in total. The Morgan fingerprint density at radius 3 is 2.91 bits per heavy atom. The summed E-state index contributed by atoms with van der Waals surface area (Å²) in [6, 6.07) is 6.24. The molecule has 0 amide bonds. The summed E-state index contributed by atoms with van der Waals surface area (Å²) in [6.07, 6.45) is 2.43. The van der Waals surface area contributed by atoms with Crippen LogP contribution >= 0.6 is 11.8 Å². The van der Waals surface area contributed by atoms with Gasteiger partial charge in [-0.3, -0.25) is 4.57 Å². The number of hydrogen-bond donors (Lipinski definition) is 1. The fourth-order valence-corrected chi connectivity index (χ4v) is 2.67. The predicted octanol–water partition coefficient (Wildman–Crippen LogP) is 2.66. The van der Waals surface area contributed by atoms with Gasteiger partial charge in [-0.1, -0.05) is 30.0 Å². The van der Waals surface area contributed by atoms with E-state index in [9.17, 15) is 4.39 Å². The zero-order valence-electron chi connectivity index (χ0n) is 12.1. The highest BCUT2D eigenvalue weighted by molar-refractivity contribution is 7.99. The minimum absolute atomic E-state index is 0.127. The topological polar surface area (TPSA) is 60.2 Å². The van der Waals surface area contributed by atoms with Crippen LogP contribution in [0.3, 0.4) is 0 Å². The maximum atomic E-state index is 13.5. The van der Waals surface area contributed by atoms with Gasteiger partial charge in [0.25, 0.3) is 0 Å². The second-order valence-electron chi connectivity index (χ2n) is 4.44. The van der Waals surface area contributed by atoms with E-state index in [0.717, 1.165) is 10.9 Å². The lowest BCUT2D eigenvalue weighted by atomic mass is 10.3. The molecule has 0 unspecified atom stereocenters. The lowest BCUT2D eigenvalue weighted by Crippen LogP contribution is -2.08. The summed E-state index contributed by atoms with van der Waals surface area (Å²) in [6.45, 7) is 4.54. The van der Waals surface area contributed by atoms with E-state index in [2.05, 4.69) is 16.8 Å². The van der Waals surface area contributed by atoms with Crippen molar-refractivity contribution in [3.05, 3.63) is 48.6 Å². The fourth-order valence-electron chi connectivity index (χ4n) is 1.78. The molecule has 0 bridgehead atoms. The number of aromatic nitrogens is 3. The average molecular weight is 323 g/mol. The van der Waals surface area contributed by atoms with Crippen LogP contribution in [-0.2, 0) is 13.2 Å². The van der Waals surface area contributed by atoms with Crippen LogP contribution in [0, 0.1) is 5.82 Å². The van der Waals surface area contributed by atoms with Gasteiger partial charge in [-0.05, 0) is 18.6 Å². The van der Waals surface area contributed by atoms with Crippen molar-refractivity contribution in [2.75, 3.05) is 12.4 Å². The lowest BCUT2D eigenvalue weighted by Gasteiger charge is -2.09. The summed E-state index contributed by atoms with van der Waals surface area (Å²) < 4.78 is 20.9. The summed E-state index contributed by atoms with van der Waals surface area (Å²) in [5.74, 6) is 1.13. The zero-order valence-corrected chi connectivity index (χ0v) is 12.9. The van der Waals surface area contributed by atoms with Crippen LogP contribution < -0.4 is 4.74 Å². The molecule has 1 aromatic heterocycles. The molecule has 0 saturated heterocycles. The molecule has 0 radical (unpaired) electrons. The van der Waals surface area contributed by atoms with Crippen molar-refractivity contribution in [3.63, 3.8) is 0 Å². The minimum atomic E-state index is -0.408. The number of thioether (sulfide) groups is 1. The molecular weight excluding hydrogens is 305 g/mol. The second kappa shape index (κ2) is 8.55. The van der Waals surface area contributed by atoms with E-state index < -0.39 is 5.82 Å². The molecule has 0 aliphatic carbocycles. The third-order valence-corrected chi connectivity index (χ3v) is 3.89. The van der Waals surface area contributed by atoms with Gasteiger partial charge in [-0.25, -0.2) is 4.39 Å². The van der Waals surface area contributed by atoms with E-state index in [0.29, 0.717) is 18.8 Å². The summed E-state index contributed by atoms with van der Waals surface area (Å²) in [5.41, 5.74) is 0. The van der Waals surface area contributed by atoms with E-state index in [1.165, 1.54) is 17.8 Å². The highest BCUT2D eigenvalue weighted by Gasteiger charge is 2.13. The Hall–Kier alpha value is -1.86. The van der Waals surface area contributed by atoms with Crippen LogP contribution in [0.5, 0.6) is 5.75 Å². The van der Waals surface area contributed by atoms with Gasteiger partial charge in [-0.15, -0.1) is 16.8 Å². The average Bonchev–Trinajstić information content (AvgIpc) is 2.90. The predicted molar refractivity (Wildman–Crippen MR) is 83.4 cm³/mol. The van der Waals surface area contributed by atoms with E-state index in [-0.39, 0.29) is 19.0 Å². The number of aliphatic hydroxyl groups is 1. The third-order valence-electron chi connectivity index (χ3n) is 2.83. The Labute approximate surface area is 132 Å². The first-order chi connectivity index (χ1) is 10.8. The van der Waals surface area contributed by atoms with Gasteiger partial charge in [-0.2, -0.15) is 0 Å². The number of hydrogen-bond acceptors (Lipinski definition) is 5. The molecule has 0 spiro atoms. The van der Waals surface area contributed by atoms with Gasteiger partial charge < -0.3 is 9.84 Å². The van der Waals surface area contributed by atoms with Gasteiger partial charge in [0, 0.05) is 18.9 Å². The Bertz CT molecular complexity index is 619. The first-order valence-corrected chi connectivity index (χ1v) is 7.88. The van der Waals surface area contributed by atoms with E-state index >= 15 is 0 Å². The SMILES string of the molecule is C=CCn1c(COc2ccccc2F)nnc1SCCCO. The number of rotatable bonds is 9. The number of aliphatic hydroxyl groups excluding tert-OH is 1. The number of nitrogens with zero attached hydrogens (tertiary/aromatic N) is 3. The fraction of sp³-hybridized carbons (Fsp3) is 0.333. The summed E-state index contributed by atoms with van der Waals surface area (Å²) in [7, 11) is 0. The molecule has 22 heavy (non-hydrogen) atoms. The Kier molecular flexibility index (Phi) is 6.42. The second-order valence-corrected chi connectivity index (χ2v) is 5.50. The number of para-hydroxylation sites is 1. The number of benzene rings is 1. The molecule has 118 valence electrons. The van der Waals surface area contributed by atoms with Crippen molar-refractivity contribution in [2.45, 2.75) is 24.7 Å². The maximum Gasteiger partial charge on any atom is 0.191 e. The Balaban J connectivity index is 2.06. The molecule has 0 aliphatic heterocycles. The molecule has 0 aliphatic rings. The molecule has 0 saturated carbocycles. The van der Waals surface area contributed by atoms with Gasteiger partial charge in [0.05, 0.1) is 0 Å². The van der Waals surface area contributed by atoms with Crippen LogP contribution in [0.2, 0.25) is 0 Å². The van der Waals surface area contributed by atoms with Crippen LogP contribution in [0.1, 0.15) is 12.2 Å². The monoisotopic (exact) mass is 323 g/mol. The first kappa shape index (κ1) is 16.5. The molecule has 2 aromatic rings. The Morgan fingerprint density at radius 1 is 1.36 bits per heavy atom. The summed E-state index contributed by atoms with van der Waals surface area (Å²) in [4.78, 5) is 0. The smallest absolute Gasteiger partial charge is 0.191 e. The lowest BCUT2D eigenvalue weighted by molar-refractivity contribution is 0.275. The van der Waals surface area contributed by atoms with Gasteiger partial charge >= 0.3 is 0 Å². The number of ether oxygens (including phenoxy) is 1. The van der Waals surface area contributed by atoms with Gasteiger partial charge in [0.2, 0.25) is 0 Å². The molecule has 1 N–H and O–H groups in total. The van der Waals surface area contributed by atoms with Crippen molar-refractivity contribution in [2.24, 2.45) is 0 Å². The first-order valence-electron chi connectivity index (χ1n) is 6.90. The Morgan fingerprint density at radius 2 is 2.18 bits per heavy atom. The summed E-state index contributed by atoms with van der Waals surface area (Å²) >= 11 is 1.51. The molecule has 2 rings (SSSR count). The van der Waals surface area contributed by atoms with E-state index in [1.54, 1.807) is 24.3 Å². The van der Waals surface area contributed by atoms with Crippen LogP contribution in [0.4, 0.5) is 4.39 Å². The number of halogens is 1. The largest absolute Gasteiger partial charge is 0.483 e. The normalized spacial score (nSPS) is 10.6. The van der Waals surface area contributed by atoms with Gasteiger partial charge in [0.1, 0.15) is 6.61 Å². The quantitative estimate of drug-likeness (QED) is 0.437. The van der Waals surface area contributed by atoms with E-state index in [4.69, 9.17) is 9.84 Å². The standard InChI is InChI=1S/C15H18FN3O2S/c1-2-8-19-14(17-18-15(19)22-10-5-9-20)11-21-13-7-4-3-6-12(13)16/h2-4,6-7,20H,1,5,8-11H2. The third kappa shape index (κ3) is 4.32. The van der Waals surface area contributed by atoms with Crippen LogP contribution in [0.15, 0.2) is 42.1 Å². The van der Waals surface area contributed by atoms with E-state index in [1.807, 2.05) is 4.57 Å². The maximum absolute atomic E-state index is 13.5.